The zero-order valence-electron chi connectivity index (χ0n) is 6.51. The average Bonchev–Trinajstić information content (AvgIpc) is 2.01. The highest BCUT2D eigenvalue weighted by Crippen LogP contribution is 2.17. The predicted molar refractivity (Wildman–Crippen MR) is 58.5 cm³/mol. The molecule has 0 amide bonds. The summed E-state index contributed by atoms with van der Waals surface area (Å²) in [6, 6.07) is 7.88. The van der Waals surface area contributed by atoms with Gasteiger partial charge in [0.1, 0.15) is 5.75 Å². The lowest BCUT2D eigenvalue weighted by Gasteiger charge is -2.03. The Morgan fingerprint density at radius 1 is 1.42 bits per heavy atom. The van der Waals surface area contributed by atoms with Crippen molar-refractivity contribution in [2.45, 2.75) is 13.3 Å². The number of rotatable bonds is 3. The number of hydrogen-bond acceptors (Lipinski definition) is 1. The lowest BCUT2D eigenvalue weighted by molar-refractivity contribution is 0.317. The summed E-state index contributed by atoms with van der Waals surface area (Å²) in [6.07, 6.45) is 1.05. The molecule has 0 aliphatic rings. The lowest BCUT2D eigenvalue weighted by Crippen LogP contribution is -1.93. The van der Waals surface area contributed by atoms with E-state index >= 15 is 0 Å². The molecule has 0 spiro atoms. The van der Waals surface area contributed by atoms with Gasteiger partial charge in [-0.15, -0.1) is 0 Å². The van der Waals surface area contributed by atoms with Gasteiger partial charge in [0.05, 0.1) is 6.61 Å². The first-order chi connectivity index (χ1) is 5.33. The van der Waals surface area contributed by atoms with E-state index < -0.39 is 0 Å². The van der Waals surface area contributed by atoms with Crippen LogP contribution in [0, 0.1) is 0 Å². The zero-order chi connectivity index (χ0) is 8.10. The van der Waals surface area contributed by atoms with Crippen molar-refractivity contribution >= 4 is 39.0 Å². The summed E-state index contributed by atoms with van der Waals surface area (Å²) in [5.74, 6) is 0.932. The van der Waals surface area contributed by atoms with E-state index in [-0.39, 0.29) is 23.1 Å². The van der Waals surface area contributed by atoms with Crippen LogP contribution in [0.1, 0.15) is 13.3 Å². The number of hydrogen-bond donors (Lipinski definition) is 0. The minimum Gasteiger partial charge on any atom is -0.494 e. The van der Waals surface area contributed by atoms with Crippen LogP contribution in [-0.2, 0) is 0 Å². The Labute approximate surface area is 97.8 Å². The maximum Gasteiger partial charge on any atom is 0.316 e. The molecule has 1 nitrogen and oxygen atoms in total. The predicted octanol–water partition coefficient (Wildman–Crippen LogP) is 2.32. The van der Waals surface area contributed by atoms with E-state index in [1.807, 2.05) is 24.3 Å². The van der Waals surface area contributed by atoms with Gasteiger partial charge in [-0.2, -0.15) is 0 Å². The molecule has 12 heavy (non-hydrogen) atoms. The van der Waals surface area contributed by atoms with E-state index in [4.69, 9.17) is 4.74 Å². The van der Waals surface area contributed by atoms with Gasteiger partial charge in [0.25, 0.3) is 0 Å². The van der Waals surface area contributed by atoms with E-state index in [2.05, 4.69) is 22.9 Å². The Kier molecular flexibility index (Phi) is 6.90. The van der Waals surface area contributed by atoms with Crippen LogP contribution in [0.5, 0.6) is 5.75 Å². The van der Waals surface area contributed by atoms with E-state index in [0.717, 1.165) is 23.2 Å². The molecule has 0 aliphatic carbocycles. The molecule has 1 rings (SSSR count). The molecule has 1 aromatic carbocycles. The summed E-state index contributed by atoms with van der Waals surface area (Å²) in [6.45, 7) is 2.88. The first-order valence-corrected chi connectivity index (χ1v) is 4.50. The third-order valence-corrected chi connectivity index (χ3v) is 1.76. The monoisotopic (exact) mass is 240 g/mol. The highest BCUT2D eigenvalue weighted by molar-refractivity contribution is 9.10. The summed E-state index contributed by atoms with van der Waals surface area (Å²) in [7, 11) is 0. The van der Waals surface area contributed by atoms with Gasteiger partial charge in [0, 0.05) is 4.47 Å². The molecule has 0 radical (unpaired) electrons. The smallest absolute Gasteiger partial charge is 0.316 e. The normalized spacial score (nSPS) is 8.83. The average molecular weight is 241 g/mol. The maximum atomic E-state index is 5.41. The molecule has 0 unspecified atom stereocenters. The minimum absolute atomic E-state index is 0. The van der Waals surface area contributed by atoms with Gasteiger partial charge >= 0.3 is 23.1 Å². The van der Waals surface area contributed by atoms with Crippen LogP contribution in [0.15, 0.2) is 28.7 Å². The van der Waals surface area contributed by atoms with Crippen molar-refractivity contribution in [1.82, 2.24) is 0 Å². The molecular weight excluding hydrogens is 228 g/mol. The number of benzene rings is 1. The molecule has 0 N–H and O–H groups in total. The first-order valence-electron chi connectivity index (χ1n) is 3.71. The number of halogens is 1. The topological polar surface area (TPSA) is 9.23 Å². The fraction of sp³-hybridized carbons (Fsp3) is 0.333. The molecule has 0 aromatic heterocycles. The molecular formula is C9H13BrMgO. The van der Waals surface area contributed by atoms with E-state index in [1.54, 1.807) is 0 Å². The third kappa shape index (κ3) is 4.33. The molecule has 0 aliphatic heterocycles. The minimum atomic E-state index is 0. The fourth-order valence-electron chi connectivity index (χ4n) is 0.777. The SMILES string of the molecule is CCCOc1cccc(Br)c1.[MgH2]. The highest BCUT2D eigenvalue weighted by Gasteiger charge is 1.91. The zero-order valence-corrected chi connectivity index (χ0v) is 8.10. The van der Waals surface area contributed by atoms with Crippen molar-refractivity contribution in [2.24, 2.45) is 0 Å². The summed E-state index contributed by atoms with van der Waals surface area (Å²) in [5.41, 5.74) is 0. The molecule has 0 saturated carbocycles. The van der Waals surface area contributed by atoms with Gasteiger partial charge < -0.3 is 4.74 Å². The van der Waals surface area contributed by atoms with Crippen molar-refractivity contribution in [3.05, 3.63) is 28.7 Å². The molecule has 0 fully saturated rings. The Bertz CT molecular complexity index is 228. The second-order valence-electron chi connectivity index (χ2n) is 2.31. The Hall–Kier alpha value is 0.266. The Morgan fingerprint density at radius 3 is 2.75 bits per heavy atom. The molecule has 64 valence electrons. The maximum absolute atomic E-state index is 5.41. The van der Waals surface area contributed by atoms with Gasteiger partial charge in [0.2, 0.25) is 0 Å². The second-order valence-corrected chi connectivity index (χ2v) is 3.22. The summed E-state index contributed by atoms with van der Waals surface area (Å²) in [5, 5.41) is 0. The van der Waals surface area contributed by atoms with Crippen LogP contribution in [0.4, 0.5) is 0 Å². The fourth-order valence-corrected chi connectivity index (χ4v) is 1.15. The molecule has 0 atom stereocenters. The lowest BCUT2D eigenvalue weighted by atomic mass is 10.3. The van der Waals surface area contributed by atoms with E-state index in [9.17, 15) is 0 Å². The number of ether oxygens (including phenoxy) is 1. The van der Waals surface area contributed by atoms with Crippen LogP contribution in [0.2, 0.25) is 0 Å². The largest absolute Gasteiger partial charge is 0.494 e. The molecule has 0 heterocycles. The highest BCUT2D eigenvalue weighted by atomic mass is 79.9. The quantitative estimate of drug-likeness (QED) is 0.738. The van der Waals surface area contributed by atoms with Gasteiger partial charge in [-0.1, -0.05) is 28.9 Å². The van der Waals surface area contributed by atoms with Gasteiger partial charge in [-0.3, -0.25) is 0 Å². The Morgan fingerprint density at radius 2 is 2.17 bits per heavy atom. The standard InChI is InChI=1S/C9H11BrO.Mg.2H/c1-2-6-11-9-5-3-4-8(10)7-9;;;/h3-5,7H,2,6H2,1H3;;;. The van der Waals surface area contributed by atoms with Crippen LogP contribution in [0.25, 0.3) is 0 Å². The van der Waals surface area contributed by atoms with E-state index in [0.29, 0.717) is 0 Å². The summed E-state index contributed by atoms with van der Waals surface area (Å²) < 4.78 is 6.47. The van der Waals surface area contributed by atoms with Gasteiger partial charge in [-0.25, -0.2) is 0 Å². The van der Waals surface area contributed by atoms with Crippen LogP contribution < -0.4 is 4.74 Å². The van der Waals surface area contributed by atoms with Crippen molar-refractivity contribution in [3.8, 4) is 5.75 Å². The second kappa shape index (κ2) is 6.75. The third-order valence-electron chi connectivity index (χ3n) is 1.27. The first kappa shape index (κ1) is 12.3. The molecule has 3 heteroatoms. The molecule has 0 bridgehead atoms. The van der Waals surface area contributed by atoms with Crippen LogP contribution in [0.3, 0.4) is 0 Å². The van der Waals surface area contributed by atoms with E-state index in [1.165, 1.54) is 0 Å². The van der Waals surface area contributed by atoms with Crippen molar-refractivity contribution in [2.75, 3.05) is 6.61 Å². The van der Waals surface area contributed by atoms with Gasteiger partial charge in [-0.05, 0) is 24.6 Å². The van der Waals surface area contributed by atoms with Gasteiger partial charge in [0.15, 0.2) is 0 Å². The van der Waals surface area contributed by atoms with Crippen molar-refractivity contribution < 1.29 is 4.74 Å². The summed E-state index contributed by atoms with van der Waals surface area (Å²) >= 11 is 3.37. The van der Waals surface area contributed by atoms with Crippen molar-refractivity contribution in [3.63, 3.8) is 0 Å². The molecule has 1 aromatic rings. The van der Waals surface area contributed by atoms with Crippen LogP contribution in [-0.4, -0.2) is 29.7 Å². The van der Waals surface area contributed by atoms with Crippen LogP contribution >= 0.6 is 15.9 Å². The van der Waals surface area contributed by atoms with Crippen molar-refractivity contribution in [1.29, 1.82) is 0 Å². The molecule has 0 saturated heterocycles. The summed E-state index contributed by atoms with van der Waals surface area (Å²) in [4.78, 5) is 0. The Balaban J connectivity index is 0.00000121.